The fourth-order valence-electron chi connectivity index (χ4n) is 2.51. The average Bonchev–Trinajstić information content (AvgIpc) is 3.29. The van der Waals surface area contributed by atoms with Crippen LogP contribution < -0.4 is 21.4 Å². The summed E-state index contributed by atoms with van der Waals surface area (Å²) in [6, 6.07) is 4.81. The lowest BCUT2D eigenvalue weighted by atomic mass is 9.91. The van der Waals surface area contributed by atoms with Crippen LogP contribution in [0.1, 0.15) is 28.4 Å². The molecule has 11 heteroatoms. The lowest BCUT2D eigenvalue weighted by Gasteiger charge is -2.36. The van der Waals surface area contributed by atoms with Crippen LogP contribution in [0.4, 0.5) is 13.6 Å². The predicted molar refractivity (Wildman–Crippen MR) is 110 cm³/mol. The third kappa shape index (κ3) is 6.00. The predicted octanol–water partition coefficient (Wildman–Crippen LogP) is 1.70. The van der Waals surface area contributed by atoms with Gasteiger partial charge < -0.3 is 16.0 Å². The van der Waals surface area contributed by atoms with E-state index >= 15 is 0 Å². The Morgan fingerprint density at radius 1 is 1.10 bits per heavy atom. The van der Waals surface area contributed by atoms with Gasteiger partial charge in [0.25, 0.3) is 18.2 Å². The molecular weight excluding hydrogens is 430 g/mol. The molecule has 31 heavy (non-hydrogen) atoms. The van der Waals surface area contributed by atoms with E-state index in [-0.39, 0.29) is 5.56 Å². The highest BCUT2D eigenvalue weighted by atomic mass is 32.1. The molecule has 0 aliphatic carbocycles. The van der Waals surface area contributed by atoms with E-state index in [4.69, 9.17) is 5.21 Å². The second-order valence-electron chi connectivity index (χ2n) is 6.51. The van der Waals surface area contributed by atoms with Crippen molar-refractivity contribution in [3.05, 3.63) is 57.8 Å². The van der Waals surface area contributed by atoms with Crippen molar-refractivity contribution < 1.29 is 28.4 Å². The van der Waals surface area contributed by atoms with E-state index in [9.17, 15) is 23.2 Å². The fraction of sp³-hybridized carbons (Fsp3) is 0.250. The Kier molecular flexibility index (Phi) is 8.07. The summed E-state index contributed by atoms with van der Waals surface area (Å²) in [7, 11) is 1.20. The Bertz CT molecular complexity index is 987. The highest BCUT2D eigenvalue weighted by Crippen LogP contribution is 2.21. The Hall–Kier alpha value is -3.49. The third-order valence-electron chi connectivity index (χ3n) is 4.33. The molecule has 0 saturated carbocycles. The summed E-state index contributed by atoms with van der Waals surface area (Å²) in [5, 5.41) is 18.9. The van der Waals surface area contributed by atoms with Crippen molar-refractivity contribution in [1.82, 2.24) is 21.4 Å². The van der Waals surface area contributed by atoms with Gasteiger partial charge in [-0.15, -0.1) is 0 Å². The highest BCUT2D eigenvalue weighted by molar-refractivity contribution is 7.08. The van der Waals surface area contributed by atoms with Gasteiger partial charge in [-0.05, 0) is 42.6 Å². The summed E-state index contributed by atoms with van der Waals surface area (Å²) >= 11 is 1.51. The van der Waals surface area contributed by atoms with Gasteiger partial charge in [-0.1, -0.05) is 11.8 Å². The molecule has 5 N–H and O–H groups in total. The topological polar surface area (TPSA) is 120 Å². The number of nitrogens with one attached hydrogen (secondary N) is 4. The van der Waals surface area contributed by atoms with E-state index in [2.05, 4.69) is 22.5 Å². The number of amides is 4. The second-order valence-corrected chi connectivity index (χ2v) is 7.29. The number of hydrogen-bond acceptors (Lipinski definition) is 5. The molecule has 2 rings (SSSR count). The van der Waals surface area contributed by atoms with E-state index in [0.29, 0.717) is 5.56 Å². The number of halogens is 2. The molecule has 0 bridgehead atoms. The first-order chi connectivity index (χ1) is 14.7. The number of benzene rings is 1. The molecule has 1 unspecified atom stereocenters. The largest absolute Gasteiger partial charge is 0.341 e. The lowest BCUT2D eigenvalue weighted by Crippen LogP contribution is -2.69. The van der Waals surface area contributed by atoms with Gasteiger partial charge in [-0.3, -0.25) is 14.8 Å². The molecule has 0 aliphatic rings. The van der Waals surface area contributed by atoms with Crippen LogP contribution in [0.3, 0.4) is 0 Å². The summed E-state index contributed by atoms with van der Waals surface area (Å²) < 4.78 is 27.5. The van der Waals surface area contributed by atoms with Crippen LogP contribution >= 0.6 is 11.3 Å². The van der Waals surface area contributed by atoms with Gasteiger partial charge in [0.1, 0.15) is 11.6 Å². The van der Waals surface area contributed by atoms with E-state index in [0.717, 1.165) is 12.5 Å². The number of urea groups is 1. The molecule has 2 atom stereocenters. The molecule has 0 aliphatic heterocycles. The van der Waals surface area contributed by atoms with Gasteiger partial charge in [0, 0.05) is 29.1 Å². The first-order valence-corrected chi connectivity index (χ1v) is 9.82. The minimum absolute atomic E-state index is 0.0633. The normalized spacial score (nSPS) is 13.2. The van der Waals surface area contributed by atoms with E-state index < -0.39 is 35.9 Å². The third-order valence-corrected chi connectivity index (χ3v) is 5.01. The van der Waals surface area contributed by atoms with Crippen LogP contribution in [0, 0.1) is 11.8 Å². The number of carbonyl (C=O) groups is 3. The molecule has 1 heterocycles. The Morgan fingerprint density at radius 2 is 1.74 bits per heavy atom. The van der Waals surface area contributed by atoms with Gasteiger partial charge in [0.2, 0.25) is 0 Å². The quantitative estimate of drug-likeness (QED) is 0.261. The van der Waals surface area contributed by atoms with Crippen LogP contribution in [0.15, 0.2) is 41.1 Å². The SMILES string of the molecule is CNC(=O)NC(C)(C(F)F)[C@H](NC(=O)c1ccc(C#Cc2ccsc2)cc1)C(=O)NO. The number of carbonyl (C=O) groups excluding carboxylic acids is 3. The van der Waals surface area contributed by atoms with Gasteiger partial charge in [-0.25, -0.2) is 19.1 Å². The number of hydroxylamine groups is 1. The first kappa shape index (κ1) is 23.8. The summed E-state index contributed by atoms with van der Waals surface area (Å²) in [5.74, 6) is 3.68. The van der Waals surface area contributed by atoms with Crippen molar-refractivity contribution in [2.24, 2.45) is 0 Å². The molecule has 0 saturated heterocycles. The Balaban J connectivity index is 2.23. The molecule has 0 radical (unpaired) electrons. The maximum Gasteiger partial charge on any atom is 0.315 e. The minimum atomic E-state index is -3.26. The number of rotatable bonds is 6. The highest BCUT2D eigenvalue weighted by Gasteiger charge is 2.48. The van der Waals surface area contributed by atoms with Gasteiger partial charge in [0.05, 0.1) is 0 Å². The fourth-order valence-corrected chi connectivity index (χ4v) is 3.10. The van der Waals surface area contributed by atoms with Crippen LogP contribution in [-0.2, 0) is 4.79 Å². The van der Waals surface area contributed by atoms with Crippen LogP contribution in [0.2, 0.25) is 0 Å². The molecule has 1 aromatic carbocycles. The van der Waals surface area contributed by atoms with Gasteiger partial charge >= 0.3 is 6.03 Å². The zero-order valence-corrected chi connectivity index (χ0v) is 17.3. The summed E-state index contributed by atoms with van der Waals surface area (Å²) in [5.41, 5.74) is 0.244. The molecule has 2 aromatic rings. The monoisotopic (exact) mass is 450 g/mol. The van der Waals surface area contributed by atoms with Crippen LogP contribution in [-0.4, -0.2) is 48.1 Å². The second kappa shape index (κ2) is 10.5. The number of hydrogen-bond donors (Lipinski definition) is 5. The maximum absolute atomic E-state index is 13.8. The number of alkyl halides is 2. The standard InChI is InChI=1S/C20H20F2N4O4S/c1-20(18(21)22,25-19(29)23-2)15(17(28)26-30)24-16(27)14-7-5-12(6-8-14)3-4-13-9-10-31-11-13/h5-11,15,18,30H,1-2H3,(H,24,27)(H,26,28)(H2,23,25,29)/t15-,20?/m1/s1. The first-order valence-electron chi connectivity index (χ1n) is 8.88. The average molecular weight is 450 g/mol. The summed E-state index contributed by atoms with van der Waals surface area (Å²) in [6.07, 6.45) is -3.26. The smallest absolute Gasteiger partial charge is 0.315 e. The Labute approximate surface area is 181 Å². The Morgan fingerprint density at radius 3 is 2.26 bits per heavy atom. The molecule has 4 amide bonds. The zero-order valence-electron chi connectivity index (χ0n) is 16.5. The lowest BCUT2D eigenvalue weighted by molar-refractivity contribution is -0.135. The molecule has 1 aromatic heterocycles. The van der Waals surface area contributed by atoms with Crippen molar-refractivity contribution in [3.63, 3.8) is 0 Å². The van der Waals surface area contributed by atoms with E-state index in [1.165, 1.54) is 36.0 Å². The van der Waals surface area contributed by atoms with Gasteiger partial charge in [-0.2, -0.15) is 11.3 Å². The molecular formula is C20H20F2N4O4S. The number of thiophene rings is 1. The van der Waals surface area contributed by atoms with Crippen molar-refractivity contribution in [1.29, 1.82) is 0 Å². The van der Waals surface area contributed by atoms with Crippen molar-refractivity contribution in [2.45, 2.75) is 24.9 Å². The maximum atomic E-state index is 13.8. The van der Waals surface area contributed by atoms with Crippen LogP contribution in [0.25, 0.3) is 0 Å². The minimum Gasteiger partial charge on any atom is -0.341 e. The summed E-state index contributed by atoms with van der Waals surface area (Å²) in [4.78, 5) is 36.2. The summed E-state index contributed by atoms with van der Waals surface area (Å²) in [6.45, 7) is 0.871. The van der Waals surface area contributed by atoms with Crippen molar-refractivity contribution in [3.8, 4) is 11.8 Å². The molecule has 0 fully saturated rings. The molecule has 0 spiro atoms. The van der Waals surface area contributed by atoms with E-state index in [1.807, 2.05) is 22.1 Å². The van der Waals surface area contributed by atoms with Crippen molar-refractivity contribution in [2.75, 3.05) is 7.05 Å². The van der Waals surface area contributed by atoms with Crippen LogP contribution in [0.5, 0.6) is 0 Å². The van der Waals surface area contributed by atoms with Gasteiger partial charge in [0.15, 0.2) is 0 Å². The molecule has 8 nitrogen and oxygen atoms in total. The zero-order chi connectivity index (χ0) is 23.0. The van der Waals surface area contributed by atoms with Crippen molar-refractivity contribution >= 4 is 29.2 Å². The molecule has 164 valence electrons. The van der Waals surface area contributed by atoms with E-state index in [1.54, 1.807) is 12.1 Å².